The third-order valence-electron chi connectivity index (χ3n) is 2.44. The summed E-state index contributed by atoms with van der Waals surface area (Å²) in [6.45, 7) is 6.12. The molecule has 0 aromatic heterocycles. The molecule has 1 aromatic carbocycles. The predicted molar refractivity (Wildman–Crippen MR) is 67.2 cm³/mol. The lowest BCUT2D eigenvalue weighted by Crippen LogP contribution is -2.24. The van der Waals surface area contributed by atoms with Gasteiger partial charge in [-0.15, -0.1) is 0 Å². The average molecular weight is 274 g/mol. The van der Waals surface area contributed by atoms with Crippen LogP contribution >= 0.6 is 15.9 Å². The van der Waals surface area contributed by atoms with E-state index >= 15 is 0 Å². The van der Waals surface area contributed by atoms with Crippen LogP contribution in [0.3, 0.4) is 0 Å². The maximum absolute atomic E-state index is 13.5. The Morgan fingerprint density at radius 1 is 1.33 bits per heavy atom. The highest BCUT2D eigenvalue weighted by atomic mass is 79.9. The molecule has 0 aliphatic carbocycles. The molecule has 1 rings (SSSR count). The molecule has 0 heterocycles. The zero-order chi connectivity index (χ0) is 11.3. The van der Waals surface area contributed by atoms with E-state index in [0.717, 1.165) is 30.8 Å². The van der Waals surface area contributed by atoms with Crippen molar-refractivity contribution >= 4 is 21.6 Å². The Kier molecular flexibility index (Phi) is 5.09. The number of hydrogen-bond donors (Lipinski definition) is 0. The van der Waals surface area contributed by atoms with Crippen molar-refractivity contribution in [3.05, 3.63) is 29.6 Å². The highest BCUT2D eigenvalue weighted by Crippen LogP contribution is 2.25. The molecule has 0 amide bonds. The van der Waals surface area contributed by atoms with Crippen LogP contribution in [-0.2, 0) is 5.33 Å². The molecule has 3 heteroatoms. The fourth-order valence-electron chi connectivity index (χ4n) is 1.69. The standard InChI is InChI=1S/C12H17BrFN/c1-3-8-15(4-2)12-7-5-6-11(14)10(12)9-13/h5-7H,3-4,8-9H2,1-2H3. The number of alkyl halides is 1. The number of halogens is 2. The predicted octanol–water partition coefficient (Wildman–Crippen LogP) is 3.96. The van der Waals surface area contributed by atoms with Crippen LogP contribution in [0, 0.1) is 5.82 Å². The third-order valence-corrected chi connectivity index (χ3v) is 3.00. The van der Waals surface area contributed by atoms with Gasteiger partial charge in [-0.3, -0.25) is 0 Å². The molecule has 0 aliphatic heterocycles. The first-order chi connectivity index (χ1) is 7.24. The summed E-state index contributed by atoms with van der Waals surface area (Å²) in [6, 6.07) is 5.27. The Balaban J connectivity index is 3.04. The fourth-order valence-corrected chi connectivity index (χ4v) is 2.25. The van der Waals surface area contributed by atoms with Crippen molar-refractivity contribution in [3.8, 4) is 0 Å². The number of hydrogen-bond acceptors (Lipinski definition) is 1. The van der Waals surface area contributed by atoms with E-state index in [9.17, 15) is 4.39 Å². The summed E-state index contributed by atoms with van der Waals surface area (Å²) >= 11 is 3.34. The van der Waals surface area contributed by atoms with Crippen LogP contribution < -0.4 is 4.90 Å². The normalized spacial score (nSPS) is 10.4. The van der Waals surface area contributed by atoms with E-state index in [2.05, 4.69) is 34.7 Å². The zero-order valence-corrected chi connectivity index (χ0v) is 10.8. The lowest BCUT2D eigenvalue weighted by atomic mass is 10.1. The van der Waals surface area contributed by atoms with Gasteiger partial charge in [-0.25, -0.2) is 4.39 Å². The minimum absolute atomic E-state index is 0.126. The van der Waals surface area contributed by atoms with Crippen molar-refractivity contribution in [2.24, 2.45) is 0 Å². The molecule has 1 nitrogen and oxygen atoms in total. The van der Waals surface area contributed by atoms with Crippen molar-refractivity contribution in [2.75, 3.05) is 18.0 Å². The summed E-state index contributed by atoms with van der Waals surface area (Å²) in [7, 11) is 0. The maximum atomic E-state index is 13.5. The molecule has 0 bridgehead atoms. The second kappa shape index (κ2) is 6.11. The quantitative estimate of drug-likeness (QED) is 0.735. The highest BCUT2D eigenvalue weighted by molar-refractivity contribution is 9.08. The van der Waals surface area contributed by atoms with Crippen molar-refractivity contribution in [1.82, 2.24) is 0 Å². The van der Waals surface area contributed by atoms with Gasteiger partial charge in [0, 0.05) is 29.7 Å². The SMILES string of the molecule is CCCN(CC)c1cccc(F)c1CBr. The molecule has 0 spiro atoms. The van der Waals surface area contributed by atoms with E-state index in [-0.39, 0.29) is 5.82 Å². The molecule has 15 heavy (non-hydrogen) atoms. The molecule has 84 valence electrons. The summed E-state index contributed by atoms with van der Waals surface area (Å²) in [5.74, 6) is -0.126. The van der Waals surface area contributed by atoms with Crippen molar-refractivity contribution in [2.45, 2.75) is 25.6 Å². The Morgan fingerprint density at radius 3 is 2.60 bits per heavy atom. The molecular weight excluding hydrogens is 257 g/mol. The van der Waals surface area contributed by atoms with Crippen LogP contribution in [0.15, 0.2) is 18.2 Å². The smallest absolute Gasteiger partial charge is 0.129 e. The van der Waals surface area contributed by atoms with Crippen molar-refractivity contribution in [1.29, 1.82) is 0 Å². The molecule has 0 fully saturated rings. The molecule has 0 unspecified atom stereocenters. The average Bonchev–Trinajstić information content (AvgIpc) is 2.25. The van der Waals surface area contributed by atoms with E-state index in [4.69, 9.17) is 0 Å². The van der Waals surface area contributed by atoms with Gasteiger partial charge in [-0.1, -0.05) is 28.9 Å². The van der Waals surface area contributed by atoms with E-state index in [1.165, 1.54) is 6.07 Å². The number of anilines is 1. The van der Waals surface area contributed by atoms with Gasteiger partial charge in [0.1, 0.15) is 5.82 Å². The largest absolute Gasteiger partial charge is 0.371 e. The molecule has 0 radical (unpaired) electrons. The maximum Gasteiger partial charge on any atom is 0.129 e. The minimum atomic E-state index is -0.126. The van der Waals surface area contributed by atoms with E-state index < -0.39 is 0 Å². The van der Waals surface area contributed by atoms with Gasteiger partial charge in [-0.05, 0) is 25.5 Å². The van der Waals surface area contributed by atoms with Crippen LogP contribution in [0.4, 0.5) is 10.1 Å². The van der Waals surface area contributed by atoms with E-state index in [1.807, 2.05) is 6.07 Å². The molecule has 0 saturated heterocycles. The van der Waals surface area contributed by atoms with E-state index in [1.54, 1.807) is 6.07 Å². The van der Waals surface area contributed by atoms with Gasteiger partial charge in [-0.2, -0.15) is 0 Å². The Morgan fingerprint density at radius 2 is 2.07 bits per heavy atom. The molecule has 0 saturated carbocycles. The van der Waals surface area contributed by atoms with Crippen molar-refractivity contribution < 1.29 is 4.39 Å². The first-order valence-electron chi connectivity index (χ1n) is 5.32. The van der Waals surface area contributed by atoms with Gasteiger partial charge in [0.2, 0.25) is 0 Å². The monoisotopic (exact) mass is 273 g/mol. The second-order valence-corrected chi connectivity index (χ2v) is 4.01. The Bertz CT molecular complexity index is 314. The highest BCUT2D eigenvalue weighted by Gasteiger charge is 2.11. The Hall–Kier alpha value is -0.570. The van der Waals surface area contributed by atoms with Crippen LogP contribution in [0.2, 0.25) is 0 Å². The summed E-state index contributed by atoms with van der Waals surface area (Å²) < 4.78 is 13.5. The molecule has 0 atom stereocenters. The molecule has 0 aliphatic rings. The Labute approximate surface area is 99.4 Å². The minimum Gasteiger partial charge on any atom is -0.371 e. The van der Waals surface area contributed by atoms with Gasteiger partial charge in [0.05, 0.1) is 0 Å². The third kappa shape index (κ3) is 2.94. The first kappa shape index (κ1) is 12.5. The van der Waals surface area contributed by atoms with Crippen LogP contribution in [-0.4, -0.2) is 13.1 Å². The number of benzene rings is 1. The summed E-state index contributed by atoms with van der Waals surface area (Å²) in [6.07, 6.45) is 1.08. The summed E-state index contributed by atoms with van der Waals surface area (Å²) in [4.78, 5) is 2.21. The van der Waals surface area contributed by atoms with Gasteiger partial charge >= 0.3 is 0 Å². The van der Waals surface area contributed by atoms with E-state index in [0.29, 0.717) is 5.33 Å². The van der Waals surface area contributed by atoms with Crippen LogP contribution in [0.25, 0.3) is 0 Å². The summed E-state index contributed by atoms with van der Waals surface area (Å²) in [5, 5.41) is 0.565. The first-order valence-corrected chi connectivity index (χ1v) is 6.45. The van der Waals surface area contributed by atoms with Gasteiger partial charge < -0.3 is 4.90 Å². The van der Waals surface area contributed by atoms with Gasteiger partial charge in [0.15, 0.2) is 0 Å². The molecular formula is C12H17BrFN. The van der Waals surface area contributed by atoms with Gasteiger partial charge in [0.25, 0.3) is 0 Å². The fraction of sp³-hybridized carbons (Fsp3) is 0.500. The second-order valence-electron chi connectivity index (χ2n) is 3.45. The zero-order valence-electron chi connectivity index (χ0n) is 9.26. The topological polar surface area (TPSA) is 3.24 Å². The van der Waals surface area contributed by atoms with Crippen molar-refractivity contribution in [3.63, 3.8) is 0 Å². The molecule has 0 N–H and O–H groups in total. The lowest BCUT2D eigenvalue weighted by molar-refractivity contribution is 0.616. The van der Waals surface area contributed by atoms with Crippen LogP contribution in [0.5, 0.6) is 0 Å². The lowest BCUT2D eigenvalue weighted by Gasteiger charge is -2.25. The number of rotatable bonds is 5. The van der Waals surface area contributed by atoms with Crippen LogP contribution in [0.1, 0.15) is 25.8 Å². The molecule has 1 aromatic rings. The number of nitrogens with zero attached hydrogens (tertiary/aromatic N) is 1. The summed E-state index contributed by atoms with van der Waals surface area (Å²) in [5.41, 5.74) is 1.77.